The van der Waals surface area contributed by atoms with Crippen LogP contribution in [0.3, 0.4) is 0 Å². The Hall–Kier alpha value is -3.91. The van der Waals surface area contributed by atoms with Crippen LogP contribution in [0.15, 0.2) is 72.8 Å². The average Bonchev–Trinajstić information content (AvgIpc) is 2.84. The lowest BCUT2D eigenvalue weighted by Crippen LogP contribution is -2.42. The molecule has 0 fully saturated rings. The summed E-state index contributed by atoms with van der Waals surface area (Å²) < 4.78 is 10.4. The third-order valence-corrected chi connectivity index (χ3v) is 5.30. The Bertz CT molecular complexity index is 1080. The second kappa shape index (κ2) is 11.1. The zero-order valence-electron chi connectivity index (χ0n) is 18.3. The molecule has 0 heterocycles. The summed E-state index contributed by atoms with van der Waals surface area (Å²) in [6.45, 7) is 0.897. The molecule has 3 rings (SSSR count). The van der Waals surface area contributed by atoms with Crippen LogP contribution < -0.4 is 14.8 Å². The van der Waals surface area contributed by atoms with E-state index in [1.54, 1.807) is 20.3 Å². The number of nitrogens with zero attached hydrogens (tertiary/aromatic N) is 1. The first-order chi connectivity index (χ1) is 15.9. The largest absolute Gasteiger partial charge is 0.497 e. The lowest BCUT2D eigenvalue weighted by molar-refractivity contribution is 0.0697. The highest BCUT2D eigenvalue weighted by Crippen LogP contribution is 2.17. The fraction of sp³-hybridized carbons (Fsp3) is 0.160. The molecule has 0 radical (unpaired) electrons. The van der Waals surface area contributed by atoms with Gasteiger partial charge in [0.15, 0.2) is 5.11 Å². The number of carbonyl (C=O) groups excluding carboxylic acids is 1. The standard InChI is InChI=1S/C25H24N2O5S/c1-31-21-10-6-17(7-11-21)15-27(16-18-8-12-22(32-2)13-9-18)25(33)26-23(28)19-4-3-5-20(14-19)24(29)30/h3-14H,15-16H2,1-2H3,(H,29,30)(H,26,28,33). The van der Waals surface area contributed by atoms with Crippen molar-refractivity contribution in [3.63, 3.8) is 0 Å². The van der Waals surface area contributed by atoms with Gasteiger partial charge in [-0.1, -0.05) is 30.3 Å². The van der Waals surface area contributed by atoms with E-state index in [1.165, 1.54) is 18.2 Å². The normalized spacial score (nSPS) is 10.2. The molecule has 1 amide bonds. The van der Waals surface area contributed by atoms with Crippen molar-refractivity contribution in [3.05, 3.63) is 95.1 Å². The average molecular weight is 465 g/mol. The van der Waals surface area contributed by atoms with Crippen LogP contribution in [0.5, 0.6) is 11.5 Å². The van der Waals surface area contributed by atoms with Crippen LogP contribution in [0.2, 0.25) is 0 Å². The van der Waals surface area contributed by atoms with Crippen LogP contribution in [0.4, 0.5) is 0 Å². The first kappa shape index (κ1) is 23.7. The molecule has 0 saturated heterocycles. The molecule has 2 N–H and O–H groups in total. The van der Waals surface area contributed by atoms with Crippen molar-refractivity contribution >= 4 is 29.2 Å². The van der Waals surface area contributed by atoms with E-state index in [4.69, 9.17) is 21.7 Å². The van der Waals surface area contributed by atoms with Gasteiger partial charge in [0.2, 0.25) is 0 Å². The van der Waals surface area contributed by atoms with E-state index in [0.717, 1.165) is 22.6 Å². The molecule has 33 heavy (non-hydrogen) atoms. The summed E-state index contributed by atoms with van der Waals surface area (Å²) in [4.78, 5) is 25.8. The van der Waals surface area contributed by atoms with Crippen molar-refractivity contribution < 1.29 is 24.2 Å². The molecular weight excluding hydrogens is 440 g/mol. The van der Waals surface area contributed by atoms with Crippen molar-refractivity contribution in [2.24, 2.45) is 0 Å². The molecule has 0 bridgehead atoms. The van der Waals surface area contributed by atoms with Crippen molar-refractivity contribution in [1.29, 1.82) is 0 Å². The van der Waals surface area contributed by atoms with Crippen LogP contribution >= 0.6 is 12.2 Å². The Morgan fingerprint density at radius 1 is 0.848 bits per heavy atom. The van der Waals surface area contributed by atoms with Crippen LogP contribution in [0.25, 0.3) is 0 Å². The van der Waals surface area contributed by atoms with Gasteiger partial charge in [0.05, 0.1) is 19.8 Å². The Morgan fingerprint density at radius 2 is 1.33 bits per heavy atom. The molecule has 0 spiro atoms. The lowest BCUT2D eigenvalue weighted by atomic mass is 10.1. The molecule has 8 heteroatoms. The smallest absolute Gasteiger partial charge is 0.335 e. The molecule has 0 saturated carbocycles. The van der Waals surface area contributed by atoms with Gasteiger partial charge in [0, 0.05) is 18.7 Å². The summed E-state index contributed by atoms with van der Waals surface area (Å²) in [5, 5.41) is 12.1. The number of carbonyl (C=O) groups is 2. The highest BCUT2D eigenvalue weighted by atomic mass is 32.1. The number of thiocarbonyl (C=S) groups is 1. The number of carboxylic acids is 1. The number of methoxy groups -OCH3 is 2. The van der Waals surface area contributed by atoms with E-state index >= 15 is 0 Å². The van der Waals surface area contributed by atoms with Crippen molar-refractivity contribution in [2.45, 2.75) is 13.1 Å². The van der Waals surface area contributed by atoms with Crippen LogP contribution in [0.1, 0.15) is 31.8 Å². The lowest BCUT2D eigenvalue weighted by Gasteiger charge is -2.26. The molecule has 0 unspecified atom stereocenters. The predicted octanol–water partition coefficient (Wildman–Crippen LogP) is 4.12. The molecule has 0 aliphatic rings. The maximum atomic E-state index is 12.8. The maximum Gasteiger partial charge on any atom is 0.335 e. The first-order valence-corrected chi connectivity index (χ1v) is 10.5. The van der Waals surface area contributed by atoms with Gasteiger partial charge in [0.25, 0.3) is 5.91 Å². The molecule has 0 aliphatic heterocycles. The fourth-order valence-electron chi connectivity index (χ4n) is 3.14. The maximum absolute atomic E-state index is 12.8. The van der Waals surface area contributed by atoms with Crippen LogP contribution in [-0.4, -0.2) is 41.2 Å². The molecule has 0 aromatic heterocycles. The highest BCUT2D eigenvalue weighted by Gasteiger charge is 2.16. The Balaban J connectivity index is 1.79. The fourth-order valence-corrected chi connectivity index (χ4v) is 3.37. The Kier molecular flexibility index (Phi) is 7.99. The molecule has 0 aliphatic carbocycles. The van der Waals surface area contributed by atoms with Gasteiger partial charge in [-0.15, -0.1) is 0 Å². The number of nitrogens with one attached hydrogen (secondary N) is 1. The van der Waals surface area contributed by atoms with Gasteiger partial charge < -0.3 is 19.5 Å². The number of ether oxygens (including phenoxy) is 2. The number of hydrogen-bond acceptors (Lipinski definition) is 5. The second-order valence-electron chi connectivity index (χ2n) is 7.20. The minimum Gasteiger partial charge on any atom is -0.497 e. The van der Waals surface area contributed by atoms with Gasteiger partial charge in [-0.25, -0.2) is 4.79 Å². The van der Waals surface area contributed by atoms with E-state index in [0.29, 0.717) is 13.1 Å². The summed E-state index contributed by atoms with van der Waals surface area (Å²) in [6.07, 6.45) is 0. The summed E-state index contributed by atoms with van der Waals surface area (Å²) >= 11 is 5.56. The van der Waals surface area contributed by atoms with E-state index in [-0.39, 0.29) is 16.2 Å². The Morgan fingerprint density at radius 3 is 1.79 bits per heavy atom. The summed E-state index contributed by atoms with van der Waals surface area (Å²) in [5.74, 6) is -0.0882. The number of amides is 1. The molecular formula is C25H24N2O5S. The minimum atomic E-state index is -1.10. The zero-order valence-corrected chi connectivity index (χ0v) is 19.1. The third kappa shape index (κ3) is 6.54. The molecule has 0 atom stereocenters. The van der Waals surface area contributed by atoms with Crippen molar-refractivity contribution in [1.82, 2.24) is 10.2 Å². The predicted molar refractivity (Wildman–Crippen MR) is 129 cm³/mol. The third-order valence-electron chi connectivity index (χ3n) is 4.94. The van der Waals surface area contributed by atoms with E-state index < -0.39 is 11.9 Å². The van der Waals surface area contributed by atoms with Gasteiger partial charge >= 0.3 is 5.97 Å². The number of hydrogen-bond donors (Lipinski definition) is 2. The first-order valence-electron chi connectivity index (χ1n) is 10.1. The molecule has 7 nitrogen and oxygen atoms in total. The quantitative estimate of drug-likeness (QED) is 0.485. The SMILES string of the molecule is COc1ccc(CN(Cc2ccc(OC)cc2)C(=S)NC(=O)c2cccc(C(=O)O)c2)cc1. The van der Waals surface area contributed by atoms with Gasteiger partial charge in [-0.05, 0) is 65.8 Å². The minimum absolute atomic E-state index is 0.0295. The van der Waals surface area contributed by atoms with Gasteiger partial charge in [-0.2, -0.15) is 0 Å². The van der Waals surface area contributed by atoms with Crippen LogP contribution in [0, 0.1) is 0 Å². The topological polar surface area (TPSA) is 88.1 Å². The highest BCUT2D eigenvalue weighted by molar-refractivity contribution is 7.80. The van der Waals surface area contributed by atoms with Crippen LogP contribution in [-0.2, 0) is 13.1 Å². The summed E-state index contributed by atoms with van der Waals surface area (Å²) in [7, 11) is 3.21. The number of rotatable bonds is 8. The molecule has 3 aromatic rings. The van der Waals surface area contributed by atoms with Gasteiger partial charge in [0.1, 0.15) is 11.5 Å². The van der Waals surface area contributed by atoms with E-state index in [9.17, 15) is 14.7 Å². The number of carboxylic acid groups (broad SMARTS) is 1. The van der Waals surface area contributed by atoms with E-state index in [2.05, 4.69) is 5.32 Å². The monoisotopic (exact) mass is 464 g/mol. The number of benzene rings is 3. The second-order valence-corrected chi connectivity index (χ2v) is 7.58. The molecule has 3 aromatic carbocycles. The van der Waals surface area contributed by atoms with Crippen molar-refractivity contribution in [2.75, 3.05) is 14.2 Å². The zero-order chi connectivity index (χ0) is 23.8. The van der Waals surface area contributed by atoms with E-state index in [1.807, 2.05) is 53.4 Å². The molecule has 170 valence electrons. The van der Waals surface area contributed by atoms with Gasteiger partial charge in [-0.3, -0.25) is 10.1 Å². The summed E-state index contributed by atoms with van der Waals surface area (Å²) in [5.41, 5.74) is 2.20. The number of aromatic carboxylic acids is 1. The van der Waals surface area contributed by atoms with Crippen molar-refractivity contribution in [3.8, 4) is 11.5 Å². The summed E-state index contributed by atoms with van der Waals surface area (Å²) in [6, 6.07) is 21.0. The Labute approximate surface area is 197 Å².